The molecule has 7 nitrogen and oxygen atoms in total. The molecular formula is C22H15NO6. The Morgan fingerprint density at radius 1 is 1.00 bits per heavy atom. The van der Waals surface area contributed by atoms with Crippen LogP contribution in [-0.2, 0) is 0 Å². The molecule has 2 heterocycles. The number of hydrogen-bond donors (Lipinski definition) is 0. The van der Waals surface area contributed by atoms with Gasteiger partial charge in [0.1, 0.15) is 17.4 Å². The number of nitriles is 1. The molecule has 2 aromatic heterocycles. The zero-order valence-electron chi connectivity index (χ0n) is 15.4. The highest BCUT2D eigenvalue weighted by Gasteiger charge is 2.16. The SMILES string of the molecule is CCOc1cccc2cc(-c3cc(=O)oc4cc(OCC#N)ccc34)c(=O)oc12. The third-order valence-corrected chi connectivity index (χ3v) is 4.33. The highest BCUT2D eigenvalue weighted by Crippen LogP contribution is 2.31. The van der Waals surface area contributed by atoms with E-state index < -0.39 is 11.3 Å². The van der Waals surface area contributed by atoms with Gasteiger partial charge in [-0.2, -0.15) is 5.26 Å². The zero-order chi connectivity index (χ0) is 20.4. The Kier molecular flexibility index (Phi) is 4.75. The Labute approximate surface area is 164 Å². The van der Waals surface area contributed by atoms with E-state index in [1.165, 1.54) is 12.1 Å². The lowest BCUT2D eigenvalue weighted by atomic mass is 10.0. The van der Waals surface area contributed by atoms with Crippen LogP contribution in [-0.4, -0.2) is 13.2 Å². The van der Waals surface area contributed by atoms with Gasteiger partial charge in [-0.3, -0.25) is 0 Å². The second kappa shape index (κ2) is 7.52. The largest absolute Gasteiger partial charge is 0.490 e. The normalized spacial score (nSPS) is 10.8. The molecule has 0 amide bonds. The summed E-state index contributed by atoms with van der Waals surface area (Å²) in [6.07, 6.45) is 0. The Morgan fingerprint density at radius 2 is 1.86 bits per heavy atom. The summed E-state index contributed by atoms with van der Waals surface area (Å²) in [5, 5.41) is 9.86. The number of hydrogen-bond acceptors (Lipinski definition) is 7. The average Bonchev–Trinajstić information content (AvgIpc) is 2.71. The predicted molar refractivity (Wildman–Crippen MR) is 106 cm³/mol. The molecule has 2 aromatic carbocycles. The van der Waals surface area contributed by atoms with Crippen molar-refractivity contribution < 1.29 is 18.3 Å². The summed E-state index contributed by atoms with van der Waals surface area (Å²) in [6.45, 7) is 2.15. The molecule has 0 unspecified atom stereocenters. The molecule has 0 aliphatic rings. The van der Waals surface area contributed by atoms with Crippen molar-refractivity contribution in [2.75, 3.05) is 13.2 Å². The first-order valence-corrected chi connectivity index (χ1v) is 8.88. The number of fused-ring (bicyclic) bond motifs is 2. The highest BCUT2D eigenvalue weighted by molar-refractivity contribution is 5.96. The molecule has 4 rings (SSSR count). The molecule has 0 saturated carbocycles. The van der Waals surface area contributed by atoms with Crippen molar-refractivity contribution in [3.05, 3.63) is 69.4 Å². The van der Waals surface area contributed by atoms with Crippen LogP contribution in [0.2, 0.25) is 0 Å². The van der Waals surface area contributed by atoms with Crippen molar-refractivity contribution in [1.82, 2.24) is 0 Å². The predicted octanol–water partition coefficient (Wildman–Crippen LogP) is 3.87. The van der Waals surface area contributed by atoms with Crippen molar-refractivity contribution in [2.45, 2.75) is 6.92 Å². The summed E-state index contributed by atoms with van der Waals surface area (Å²) in [6, 6.07) is 14.9. The second-order valence-corrected chi connectivity index (χ2v) is 6.14. The van der Waals surface area contributed by atoms with Gasteiger partial charge in [0, 0.05) is 28.5 Å². The third kappa shape index (κ3) is 3.44. The van der Waals surface area contributed by atoms with Crippen LogP contribution in [0.1, 0.15) is 6.92 Å². The summed E-state index contributed by atoms with van der Waals surface area (Å²) in [7, 11) is 0. The van der Waals surface area contributed by atoms with E-state index in [0.717, 1.165) is 0 Å². The molecule has 7 heteroatoms. The molecule has 0 N–H and O–H groups in total. The molecule has 0 saturated heterocycles. The second-order valence-electron chi connectivity index (χ2n) is 6.14. The summed E-state index contributed by atoms with van der Waals surface area (Å²) >= 11 is 0. The van der Waals surface area contributed by atoms with E-state index in [0.29, 0.717) is 40.0 Å². The van der Waals surface area contributed by atoms with Gasteiger partial charge in [0.25, 0.3) is 0 Å². The van der Waals surface area contributed by atoms with Gasteiger partial charge in [-0.05, 0) is 31.2 Å². The molecule has 0 aliphatic carbocycles. The maximum atomic E-state index is 12.7. The van der Waals surface area contributed by atoms with E-state index in [4.69, 9.17) is 23.6 Å². The van der Waals surface area contributed by atoms with Gasteiger partial charge in [-0.25, -0.2) is 9.59 Å². The maximum absolute atomic E-state index is 12.7. The lowest BCUT2D eigenvalue weighted by molar-refractivity contribution is 0.337. The summed E-state index contributed by atoms with van der Waals surface area (Å²) in [4.78, 5) is 24.8. The fraction of sp³-hybridized carbons (Fsp3) is 0.136. The van der Waals surface area contributed by atoms with Crippen LogP contribution >= 0.6 is 0 Å². The monoisotopic (exact) mass is 389 g/mol. The highest BCUT2D eigenvalue weighted by atomic mass is 16.5. The molecule has 0 spiro atoms. The van der Waals surface area contributed by atoms with Crippen LogP contribution < -0.4 is 20.7 Å². The quantitative estimate of drug-likeness (QED) is 0.477. The molecule has 0 atom stereocenters. The molecule has 0 aliphatic heterocycles. The minimum absolute atomic E-state index is 0.133. The van der Waals surface area contributed by atoms with Gasteiger partial charge in [-0.1, -0.05) is 12.1 Å². The minimum Gasteiger partial charge on any atom is -0.490 e. The smallest absolute Gasteiger partial charge is 0.344 e. The van der Waals surface area contributed by atoms with Crippen molar-refractivity contribution >= 4 is 21.9 Å². The van der Waals surface area contributed by atoms with Gasteiger partial charge < -0.3 is 18.3 Å². The lowest BCUT2D eigenvalue weighted by Gasteiger charge is -2.09. The number of ether oxygens (including phenoxy) is 2. The van der Waals surface area contributed by atoms with E-state index in [9.17, 15) is 9.59 Å². The molecule has 144 valence electrons. The standard InChI is InChI=1S/C22H15NO6/c1-2-26-18-5-3-4-13-10-17(22(25)29-21(13)18)16-12-20(24)28-19-11-14(27-9-8-23)6-7-15(16)19/h3-7,10-12H,2,9H2,1H3. The van der Waals surface area contributed by atoms with Crippen LogP contribution in [0.5, 0.6) is 11.5 Å². The van der Waals surface area contributed by atoms with Crippen LogP contribution in [0.4, 0.5) is 0 Å². The molecule has 0 bridgehead atoms. The fourth-order valence-corrected chi connectivity index (χ4v) is 3.15. The fourth-order valence-electron chi connectivity index (χ4n) is 3.15. The van der Waals surface area contributed by atoms with Crippen molar-refractivity contribution in [1.29, 1.82) is 5.26 Å². The van der Waals surface area contributed by atoms with Gasteiger partial charge >= 0.3 is 11.3 Å². The van der Waals surface area contributed by atoms with Gasteiger partial charge in [0.2, 0.25) is 0 Å². The van der Waals surface area contributed by atoms with Crippen LogP contribution in [0.15, 0.2) is 67.0 Å². The van der Waals surface area contributed by atoms with E-state index in [1.54, 1.807) is 36.4 Å². The van der Waals surface area contributed by atoms with Gasteiger partial charge in [0.05, 0.1) is 12.2 Å². The van der Waals surface area contributed by atoms with Crippen LogP contribution in [0, 0.1) is 11.3 Å². The number of nitrogens with zero attached hydrogens (tertiary/aromatic N) is 1. The number of rotatable bonds is 5. The summed E-state index contributed by atoms with van der Waals surface area (Å²) in [5.74, 6) is 0.858. The third-order valence-electron chi connectivity index (χ3n) is 4.33. The first kappa shape index (κ1) is 18.3. The maximum Gasteiger partial charge on any atom is 0.344 e. The lowest BCUT2D eigenvalue weighted by Crippen LogP contribution is -2.07. The first-order chi connectivity index (χ1) is 14.1. The Morgan fingerprint density at radius 3 is 2.66 bits per heavy atom. The van der Waals surface area contributed by atoms with Crippen molar-refractivity contribution in [3.63, 3.8) is 0 Å². The van der Waals surface area contributed by atoms with Crippen molar-refractivity contribution in [3.8, 4) is 28.7 Å². The summed E-state index contributed by atoms with van der Waals surface area (Å²) in [5.41, 5.74) is -0.00258. The van der Waals surface area contributed by atoms with E-state index in [2.05, 4.69) is 0 Å². The first-order valence-electron chi connectivity index (χ1n) is 8.88. The Balaban J connectivity index is 1.93. The summed E-state index contributed by atoms with van der Waals surface area (Å²) < 4.78 is 21.5. The topological polar surface area (TPSA) is 103 Å². The Hall–Kier alpha value is -4.05. The van der Waals surface area contributed by atoms with E-state index >= 15 is 0 Å². The molecule has 0 radical (unpaired) electrons. The zero-order valence-corrected chi connectivity index (χ0v) is 15.4. The van der Waals surface area contributed by atoms with Gasteiger partial charge in [0.15, 0.2) is 17.9 Å². The van der Waals surface area contributed by atoms with E-state index in [1.807, 2.05) is 13.0 Å². The number of benzene rings is 2. The van der Waals surface area contributed by atoms with Crippen molar-refractivity contribution in [2.24, 2.45) is 0 Å². The molecule has 29 heavy (non-hydrogen) atoms. The minimum atomic E-state index is -0.618. The molecule has 4 aromatic rings. The molecular weight excluding hydrogens is 374 g/mol. The van der Waals surface area contributed by atoms with Crippen LogP contribution in [0.3, 0.4) is 0 Å². The van der Waals surface area contributed by atoms with Crippen LogP contribution in [0.25, 0.3) is 33.1 Å². The average molecular weight is 389 g/mol. The van der Waals surface area contributed by atoms with E-state index in [-0.39, 0.29) is 17.8 Å². The van der Waals surface area contributed by atoms with Gasteiger partial charge in [-0.15, -0.1) is 0 Å². The Bertz CT molecular complexity index is 1380. The number of para-hydroxylation sites is 1. The molecule has 0 fully saturated rings.